The van der Waals surface area contributed by atoms with Crippen LogP contribution in [0.15, 0.2) is 18.2 Å². The van der Waals surface area contributed by atoms with Gasteiger partial charge in [-0.3, -0.25) is 34.2 Å². The van der Waals surface area contributed by atoms with Crippen LogP contribution < -0.4 is 10.6 Å². The van der Waals surface area contributed by atoms with E-state index in [1.54, 1.807) is 12.1 Å². The molecular formula is C29H40ClN3O8. The molecule has 2 heterocycles. The van der Waals surface area contributed by atoms with E-state index >= 15 is 0 Å². The van der Waals surface area contributed by atoms with E-state index in [0.29, 0.717) is 39.5 Å². The zero-order chi connectivity index (χ0) is 29.5. The number of rotatable bonds is 20. The molecule has 1 saturated heterocycles. The topological polar surface area (TPSA) is 140 Å². The van der Waals surface area contributed by atoms with Crippen molar-refractivity contribution in [3.05, 3.63) is 29.3 Å². The Morgan fingerprint density at radius 3 is 2.15 bits per heavy atom. The highest BCUT2D eigenvalue weighted by Gasteiger charge is 2.45. The van der Waals surface area contributed by atoms with E-state index in [0.717, 1.165) is 55.9 Å². The SMILES string of the molecule is O=C1CCC(N2C(=O)c3cccc(NC(=O)CCCCCOCCOCCOCCCCCCCl)c3C2=O)C(=O)N1. The van der Waals surface area contributed by atoms with Crippen LogP contribution in [-0.2, 0) is 28.6 Å². The molecule has 0 radical (unpaired) electrons. The molecule has 2 aliphatic rings. The number of hydrogen-bond donors (Lipinski definition) is 2. The Morgan fingerprint density at radius 2 is 1.49 bits per heavy atom. The van der Waals surface area contributed by atoms with E-state index in [2.05, 4.69) is 10.6 Å². The molecule has 0 aliphatic carbocycles. The van der Waals surface area contributed by atoms with Crippen LogP contribution in [0.4, 0.5) is 5.69 Å². The third kappa shape index (κ3) is 10.2. The number of amides is 5. The minimum absolute atomic E-state index is 0.0400. The Labute approximate surface area is 245 Å². The number of fused-ring (bicyclic) bond motifs is 1. The summed E-state index contributed by atoms with van der Waals surface area (Å²) in [5.74, 6) is -1.94. The first-order valence-electron chi connectivity index (χ1n) is 14.4. The highest BCUT2D eigenvalue weighted by molar-refractivity contribution is 6.26. The maximum absolute atomic E-state index is 13.1. The largest absolute Gasteiger partial charge is 0.379 e. The second-order valence-corrected chi connectivity index (χ2v) is 10.4. The molecule has 1 aromatic rings. The van der Waals surface area contributed by atoms with E-state index in [4.69, 9.17) is 25.8 Å². The first-order chi connectivity index (χ1) is 19.9. The van der Waals surface area contributed by atoms with Crippen molar-refractivity contribution in [3.63, 3.8) is 0 Å². The second-order valence-electron chi connectivity index (χ2n) is 9.97. The number of piperidine rings is 1. The fraction of sp³-hybridized carbons (Fsp3) is 0.621. The lowest BCUT2D eigenvalue weighted by molar-refractivity contribution is -0.136. The van der Waals surface area contributed by atoms with Gasteiger partial charge in [-0.25, -0.2) is 0 Å². The van der Waals surface area contributed by atoms with Gasteiger partial charge >= 0.3 is 0 Å². The minimum Gasteiger partial charge on any atom is -0.379 e. The number of carbonyl (C=O) groups excluding carboxylic acids is 5. The maximum Gasteiger partial charge on any atom is 0.264 e. The first-order valence-corrected chi connectivity index (χ1v) is 14.9. The fourth-order valence-corrected chi connectivity index (χ4v) is 4.88. The van der Waals surface area contributed by atoms with Crippen molar-refractivity contribution in [2.75, 3.05) is 50.8 Å². The molecule has 0 saturated carbocycles. The number of nitrogens with zero attached hydrogens (tertiary/aromatic N) is 1. The number of nitrogens with one attached hydrogen (secondary N) is 2. The van der Waals surface area contributed by atoms with Gasteiger partial charge in [0, 0.05) is 31.9 Å². The molecule has 2 aliphatic heterocycles. The summed E-state index contributed by atoms with van der Waals surface area (Å²) >= 11 is 5.65. The van der Waals surface area contributed by atoms with Gasteiger partial charge in [-0.2, -0.15) is 0 Å². The molecule has 0 aromatic heterocycles. The summed E-state index contributed by atoms with van der Waals surface area (Å²) in [6.07, 6.45) is 6.96. The van der Waals surface area contributed by atoms with Crippen LogP contribution in [0, 0.1) is 0 Å². The van der Waals surface area contributed by atoms with Gasteiger partial charge in [0.25, 0.3) is 11.8 Å². The van der Waals surface area contributed by atoms with E-state index in [9.17, 15) is 24.0 Å². The molecular weight excluding hydrogens is 554 g/mol. The van der Waals surface area contributed by atoms with Crippen molar-refractivity contribution in [2.45, 2.75) is 70.3 Å². The van der Waals surface area contributed by atoms with Crippen molar-refractivity contribution >= 4 is 46.8 Å². The predicted molar refractivity (Wildman–Crippen MR) is 152 cm³/mol. The van der Waals surface area contributed by atoms with E-state index < -0.39 is 29.7 Å². The van der Waals surface area contributed by atoms with Crippen LogP contribution in [0.1, 0.15) is 84.9 Å². The van der Waals surface area contributed by atoms with Gasteiger partial charge in [0.2, 0.25) is 17.7 Å². The van der Waals surface area contributed by atoms with Gasteiger partial charge < -0.3 is 19.5 Å². The molecule has 3 rings (SSSR count). The average Bonchev–Trinajstić information content (AvgIpc) is 3.20. The lowest BCUT2D eigenvalue weighted by Gasteiger charge is -2.27. The third-order valence-corrected chi connectivity index (χ3v) is 7.12. The fourth-order valence-electron chi connectivity index (χ4n) is 4.69. The lowest BCUT2D eigenvalue weighted by Crippen LogP contribution is -2.54. The van der Waals surface area contributed by atoms with Gasteiger partial charge in [0.1, 0.15) is 6.04 Å². The van der Waals surface area contributed by atoms with Gasteiger partial charge in [-0.15, -0.1) is 11.6 Å². The maximum atomic E-state index is 13.1. The van der Waals surface area contributed by atoms with Crippen LogP contribution in [0.25, 0.3) is 0 Å². The summed E-state index contributed by atoms with van der Waals surface area (Å²) < 4.78 is 16.6. The van der Waals surface area contributed by atoms with Gasteiger partial charge in [-0.1, -0.05) is 25.3 Å². The van der Waals surface area contributed by atoms with Crippen LogP contribution in [0.2, 0.25) is 0 Å². The number of alkyl halides is 1. The van der Waals surface area contributed by atoms with Gasteiger partial charge in [-0.05, 0) is 44.2 Å². The third-order valence-electron chi connectivity index (χ3n) is 6.85. The number of carbonyl (C=O) groups is 5. The Balaban J connectivity index is 1.26. The van der Waals surface area contributed by atoms with Crippen molar-refractivity contribution in [3.8, 4) is 0 Å². The van der Waals surface area contributed by atoms with E-state index in [1.807, 2.05) is 0 Å². The summed E-state index contributed by atoms with van der Waals surface area (Å²) in [4.78, 5) is 63.2. The highest BCUT2D eigenvalue weighted by atomic mass is 35.5. The molecule has 5 amide bonds. The monoisotopic (exact) mass is 593 g/mol. The predicted octanol–water partition coefficient (Wildman–Crippen LogP) is 3.44. The number of unbranched alkanes of at least 4 members (excludes halogenated alkanes) is 5. The Bertz CT molecular complexity index is 1070. The molecule has 226 valence electrons. The number of imide groups is 2. The molecule has 1 fully saturated rings. The summed E-state index contributed by atoms with van der Waals surface area (Å²) in [7, 11) is 0. The second kappa shape index (κ2) is 17.8. The van der Waals surface area contributed by atoms with Gasteiger partial charge in [0.05, 0.1) is 43.2 Å². The van der Waals surface area contributed by atoms with Crippen molar-refractivity contribution in [2.24, 2.45) is 0 Å². The van der Waals surface area contributed by atoms with Crippen LogP contribution >= 0.6 is 11.6 Å². The summed E-state index contributed by atoms with van der Waals surface area (Å²) in [6.45, 7) is 3.44. The minimum atomic E-state index is -1.06. The van der Waals surface area contributed by atoms with Crippen molar-refractivity contribution < 1.29 is 38.2 Å². The number of anilines is 1. The molecule has 1 aromatic carbocycles. The van der Waals surface area contributed by atoms with Crippen molar-refractivity contribution in [1.82, 2.24) is 10.2 Å². The Hall–Kier alpha value is -2.86. The molecule has 1 atom stereocenters. The number of halogens is 1. The molecule has 1 unspecified atom stereocenters. The zero-order valence-electron chi connectivity index (χ0n) is 23.4. The highest BCUT2D eigenvalue weighted by Crippen LogP contribution is 2.32. The normalized spacial score (nSPS) is 16.7. The lowest BCUT2D eigenvalue weighted by atomic mass is 10.0. The van der Waals surface area contributed by atoms with E-state index in [1.165, 1.54) is 6.07 Å². The molecule has 0 spiro atoms. The number of hydrogen-bond acceptors (Lipinski definition) is 8. The van der Waals surface area contributed by atoms with E-state index in [-0.39, 0.29) is 42.0 Å². The Morgan fingerprint density at radius 1 is 0.854 bits per heavy atom. The molecule has 0 bridgehead atoms. The van der Waals surface area contributed by atoms with Crippen molar-refractivity contribution in [1.29, 1.82) is 0 Å². The van der Waals surface area contributed by atoms with Crippen LogP contribution in [-0.4, -0.2) is 86.0 Å². The first kappa shape index (κ1) is 32.7. The van der Waals surface area contributed by atoms with Crippen LogP contribution in [0.5, 0.6) is 0 Å². The molecule has 2 N–H and O–H groups in total. The standard InChI is InChI=1S/C29H40ClN3O8/c30-14-5-1-2-6-15-39-17-19-41-20-18-40-16-7-3-4-11-24(34)31-22-10-8-9-21-26(22)29(38)33(28(21)37)23-12-13-25(35)32-27(23)36/h8-10,23H,1-7,11-20H2,(H,31,34)(H,32,35,36). The molecule has 12 heteroatoms. The number of benzene rings is 1. The average molecular weight is 594 g/mol. The van der Waals surface area contributed by atoms with Crippen LogP contribution in [0.3, 0.4) is 0 Å². The molecule has 41 heavy (non-hydrogen) atoms. The zero-order valence-corrected chi connectivity index (χ0v) is 24.2. The summed E-state index contributed by atoms with van der Waals surface area (Å²) in [5, 5.41) is 4.90. The smallest absolute Gasteiger partial charge is 0.264 e. The Kier molecular flexibility index (Phi) is 14.2. The summed E-state index contributed by atoms with van der Waals surface area (Å²) in [6, 6.07) is 3.57. The quantitative estimate of drug-likeness (QED) is 0.133. The number of ether oxygens (including phenoxy) is 3. The van der Waals surface area contributed by atoms with Gasteiger partial charge in [0.15, 0.2) is 0 Å². The molecule has 11 nitrogen and oxygen atoms in total. The summed E-state index contributed by atoms with van der Waals surface area (Å²) in [5.41, 5.74) is 0.424.